The highest BCUT2D eigenvalue weighted by Gasteiger charge is 2.25. The van der Waals surface area contributed by atoms with E-state index in [1.165, 1.54) is 129 Å². The van der Waals surface area contributed by atoms with Crippen molar-refractivity contribution in [2.45, 2.75) is 124 Å². The zero-order valence-corrected chi connectivity index (χ0v) is 19.7. The van der Waals surface area contributed by atoms with Gasteiger partial charge >= 0.3 is 0 Å². The van der Waals surface area contributed by atoms with E-state index in [9.17, 15) is 0 Å². The lowest BCUT2D eigenvalue weighted by Crippen LogP contribution is -3.00. The fraction of sp³-hybridized carbons (Fsp3) is 0.958. The number of unbranched alkanes of at least 4 members (excludes halogenated alkanes) is 14. The molecule has 1 aliphatic heterocycles. The van der Waals surface area contributed by atoms with Crippen LogP contribution in [0.1, 0.15) is 124 Å². The SMILES string of the molecule is CCCCCCCCCCN1CC[N+](CCCCCCCCCC)=C1C.[Cl-]. The average molecular weight is 401 g/mol. The number of rotatable bonds is 18. The molecule has 0 aromatic heterocycles. The molecule has 27 heavy (non-hydrogen) atoms. The number of amidine groups is 1. The summed E-state index contributed by atoms with van der Waals surface area (Å²) in [5, 5.41) is 0. The summed E-state index contributed by atoms with van der Waals surface area (Å²) in [6.45, 7) is 12.0. The molecular formula is C24H49ClN2. The molecule has 1 heterocycles. The molecule has 0 unspecified atom stereocenters. The van der Waals surface area contributed by atoms with Crippen molar-refractivity contribution in [2.24, 2.45) is 0 Å². The third-order valence-corrected chi connectivity index (χ3v) is 6.12. The Morgan fingerprint density at radius 1 is 0.667 bits per heavy atom. The topological polar surface area (TPSA) is 6.25 Å². The molecule has 0 spiro atoms. The van der Waals surface area contributed by atoms with Gasteiger partial charge < -0.3 is 12.4 Å². The van der Waals surface area contributed by atoms with Crippen molar-refractivity contribution in [3.8, 4) is 0 Å². The predicted molar refractivity (Wildman–Crippen MR) is 117 cm³/mol. The van der Waals surface area contributed by atoms with E-state index >= 15 is 0 Å². The number of hydrogen-bond donors (Lipinski definition) is 0. The molecule has 0 N–H and O–H groups in total. The van der Waals surface area contributed by atoms with Crippen molar-refractivity contribution >= 4 is 5.84 Å². The molecule has 0 aliphatic carbocycles. The standard InChI is InChI=1S/C24H49N2.ClH/c1-4-6-8-10-12-14-16-18-20-25-22-23-26(24(25)3)21-19-17-15-13-11-9-7-5-2;/h4-23H2,1-3H3;1H/q+1;/p-1. The molecule has 0 radical (unpaired) electrons. The molecule has 0 bridgehead atoms. The van der Waals surface area contributed by atoms with Gasteiger partial charge in [-0.2, -0.15) is 0 Å². The monoisotopic (exact) mass is 400 g/mol. The molecule has 0 amide bonds. The van der Waals surface area contributed by atoms with Gasteiger partial charge in [0, 0.05) is 6.92 Å². The fourth-order valence-corrected chi connectivity index (χ4v) is 4.19. The van der Waals surface area contributed by atoms with Gasteiger partial charge in [0.25, 0.3) is 0 Å². The second-order valence-electron chi connectivity index (χ2n) is 8.47. The van der Waals surface area contributed by atoms with Crippen molar-refractivity contribution in [3.05, 3.63) is 0 Å². The molecule has 3 heteroatoms. The summed E-state index contributed by atoms with van der Waals surface area (Å²) in [7, 11) is 0. The molecule has 0 aromatic rings. The summed E-state index contributed by atoms with van der Waals surface area (Å²) >= 11 is 0. The molecule has 0 fully saturated rings. The minimum Gasteiger partial charge on any atom is -1.00 e. The van der Waals surface area contributed by atoms with E-state index in [1.807, 2.05) is 0 Å². The van der Waals surface area contributed by atoms with Gasteiger partial charge in [0.15, 0.2) is 0 Å². The largest absolute Gasteiger partial charge is 1.00 e. The first-order valence-corrected chi connectivity index (χ1v) is 12.1. The smallest absolute Gasteiger partial charge is 0.243 e. The third kappa shape index (κ3) is 13.6. The summed E-state index contributed by atoms with van der Waals surface area (Å²) in [4.78, 5) is 2.64. The highest BCUT2D eigenvalue weighted by atomic mass is 35.5. The van der Waals surface area contributed by atoms with Crippen LogP contribution in [-0.4, -0.2) is 41.5 Å². The highest BCUT2D eigenvalue weighted by molar-refractivity contribution is 5.75. The van der Waals surface area contributed by atoms with E-state index in [2.05, 4.69) is 30.2 Å². The summed E-state index contributed by atoms with van der Waals surface area (Å²) in [6.07, 6.45) is 22.8. The molecule has 0 saturated carbocycles. The Morgan fingerprint density at radius 2 is 1.11 bits per heavy atom. The van der Waals surface area contributed by atoms with Crippen molar-refractivity contribution in [1.82, 2.24) is 4.90 Å². The highest BCUT2D eigenvalue weighted by Crippen LogP contribution is 2.12. The zero-order valence-electron chi connectivity index (χ0n) is 18.9. The van der Waals surface area contributed by atoms with Crippen molar-refractivity contribution in [2.75, 3.05) is 26.2 Å². The molecule has 1 aliphatic rings. The second kappa shape index (κ2) is 19.1. The summed E-state index contributed by atoms with van der Waals surface area (Å²) < 4.78 is 2.64. The predicted octanol–water partition coefficient (Wildman–Crippen LogP) is 4.02. The third-order valence-electron chi connectivity index (χ3n) is 6.12. The lowest BCUT2D eigenvalue weighted by Gasteiger charge is -2.10. The van der Waals surface area contributed by atoms with Gasteiger partial charge in [-0.1, -0.05) is 90.9 Å². The van der Waals surface area contributed by atoms with Crippen LogP contribution in [0.2, 0.25) is 0 Å². The van der Waals surface area contributed by atoms with Crippen LogP contribution in [0.3, 0.4) is 0 Å². The second-order valence-corrected chi connectivity index (χ2v) is 8.47. The molecular weight excluding hydrogens is 352 g/mol. The van der Waals surface area contributed by atoms with E-state index in [-0.39, 0.29) is 12.4 Å². The van der Waals surface area contributed by atoms with Gasteiger partial charge in [-0.05, 0) is 25.7 Å². The van der Waals surface area contributed by atoms with Crippen molar-refractivity contribution in [3.63, 3.8) is 0 Å². The molecule has 0 atom stereocenters. The number of nitrogens with zero attached hydrogens (tertiary/aromatic N) is 2. The van der Waals surface area contributed by atoms with Crippen LogP contribution in [0.4, 0.5) is 0 Å². The molecule has 162 valence electrons. The maximum absolute atomic E-state index is 2.64. The Kier molecular flexibility index (Phi) is 18.9. The van der Waals surface area contributed by atoms with E-state index in [0.717, 1.165) is 0 Å². The Hall–Kier alpha value is -0.240. The van der Waals surface area contributed by atoms with Gasteiger partial charge in [-0.15, -0.1) is 0 Å². The zero-order chi connectivity index (χ0) is 18.9. The normalized spacial score (nSPS) is 14.1. The van der Waals surface area contributed by atoms with E-state index in [0.29, 0.717) is 0 Å². The van der Waals surface area contributed by atoms with Crippen LogP contribution in [0.25, 0.3) is 0 Å². The lowest BCUT2D eigenvalue weighted by molar-refractivity contribution is -0.519. The number of hydrogen-bond acceptors (Lipinski definition) is 1. The first-order valence-electron chi connectivity index (χ1n) is 12.1. The van der Waals surface area contributed by atoms with Crippen LogP contribution in [0, 0.1) is 0 Å². The molecule has 0 aromatic carbocycles. The first kappa shape index (κ1) is 26.8. The van der Waals surface area contributed by atoms with Gasteiger partial charge in [-0.25, -0.2) is 0 Å². The maximum Gasteiger partial charge on any atom is 0.243 e. The van der Waals surface area contributed by atoms with E-state index < -0.39 is 0 Å². The van der Waals surface area contributed by atoms with Gasteiger partial charge in [-0.3, -0.25) is 9.48 Å². The van der Waals surface area contributed by atoms with Crippen LogP contribution >= 0.6 is 0 Å². The minimum absolute atomic E-state index is 0. The molecule has 0 saturated heterocycles. The van der Waals surface area contributed by atoms with Gasteiger partial charge in [0.1, 0.15) is 13.1 Å². The van der Waals surface area contributed by atoms with Crippen LogP contribution in [-0.2, 0) is 0 Å². The van der Waals surface area contributed by atoms with Crippen molar-refractivity contribution < 1.29 is 17.0 Å². The summed E-state index contributed by atoms with van der Waals surface area (Å²) in [6, 6.07) is 0. The molecule has 1 rings (SSSR count). The Labute approximate surface area is 177 Å². The maximum atomic E-state index is 2.64. The number of halogens is 1. The Bertz CT molecular complexity index is 354. The Morgan fingerprint density at radius 3 is 1.63 bits per heavy atom. The lowest BCUT2D eigenvalue weighted by atomic mass is 10.1. The average Bonchev–Trinajstić information content (AvgIpc) is 2.99. The fourth-order valence-electron chi connectivity index (χ4n) is 4.19. The van der Waals surface area contributed by atoms with E-state index in [4.69, 9.17) is 0 Å². The minimum atomic E-state index is 0. The van der Waals surface area contributed by atoms with Gasteiger partial charge in [0.2, 0.25) is 5.84 Å². The van der Waals surface area contributed by atoms with Crippen molar-refractivity contribution in [1.29, 1.82) is 0 Å². The van der Waals surface area contributed by atoms with Gasteiger partial charge in [0.05, 0.1) is 13.1 Å². The summed E-state index contributed by atoms with van der Waals surface area (Å²) in [5.41, 5.74) is 0. The van der Waals surface area contributed by atoms with Crippen LogP contribution in [0.5, 0.6) is 0 Å². The first-order chi connectivity index (χ1) is 12.8. The van der Waals surface area contributed by atoms with Crippen LogP contribution in [0.15, 0.2) is 0 Å². The Balaban J connectivity index is 0.00000676. The summed E-state index contributed by atoms with van der Waals surface area (Å²) in [5.74, 6) is 1.55. The quantitative estimate of drug-likeness (QED) is 0.249. The van der Waals surface area contributed by atoms with E-state index in [1.54, 1.807) is 5.84 Å². The molecule has 2 nitrogen and oxygen atoms in total. The van der Waals surface area contributed by atoms with Crippen LogP contribution < -0.4 is 12.4 Å².